The maximum atomic E-state index is 12.0. The maximum absolute atomic E-state index is 12.0. The second kappa shape index (κ2) is 8.35. The third kappa shape index (κ3) is 4.48. The molecule has 0 aliphatic heterocycles. The minimum absolute atomic E-state index is 0.225. The number of rotatable bonds is 7. The third-order valence-corrected chi connectivity index (χ3v) is 3.62. The fourth-order valence-corrected chi connectivity index (χ4v) is 2.38. The number of benzene rings is 2. The molecular weight excluding hydrogens is 378 g/mol. The second-order valence-electron chi connectivity index (χ2n) is 4.71. The van der Waals surface area contributed by atoms with E-state index in [2.05, 4.69) is 21.2 Å². The molecule has 0 heterocycles. The van der Waals surface area contributed by atoms with Crippen molar-refractivity contribution in [3.63, 3.8) is 0 Å². The van der Waals surface area contributed by atoms with Gasteiger partial charge in [-0.1, -0.05) is 15.9 Å². The number of amides is 1. The van der Waals surface area contributed by atoms with Crippen molar-refractivity contribution in [2.45, 2.75) is 0 Å². The van der Waals surface area contributed by atoms with Crippen LogP contribution in [-0.4, -0.2) is 33.0 Å². The van der Waals surface area contributed by atoms with Gasteiger partial charge in [0.25, 0.3) is 5.91 Å². The fourth-order valence-electron chi connectivity index (χ4n) is 2.00. The van der Waals surface area contributed by atoms with Crippen molar-refractivity contribution in [3.8, 4) is 17.2 Å². The Hall–Kier alpha value is -2.54. The number of methoxy groups -OCH3 is 2. The Morgan fingerprint density at radius 2 is 1.79 bits per heavy atom. The van der Waals surface area contributed by atoms with E-state index < -0.39 is 0 Å². The van der Waals surface area contributed by atoms with Gasteiger partial charge >= 0.3 is 0 Å². The largest absolute Gasteiger partial charge is 0.493 e. The standard InChI is InChI=1S/C17H16BrNO5/c1-22-15-6-4-13(8-16(15)23-2)19-17(21)10-24-14-5-3-12(18)7-11(14)9-20/h3-9H,10H2,1-2H3,(H,19,21). The molecule has 0 fully saturated rings. The molecule has 24 heavy (non-hydrogen) atoms. The van der Waals surface area contributed by atoms with Crippen LogP contribution in [0.15, 0.2) is 40.9 Å². The Morgan fingerprint density at radius 1 is 1.08 bits per heavy atom. The normalized spacial score (nSPS) is 9.96. The molecule has 0 spiro atoms. The van der Waals surface area contributed by atoms with E-state index in [0.29, 0.717) is 34.8 Å². The lowest BCUT2D eigenvalue weighted by Crippen LogP contribution is -2.20. The Kier molecular flexibility index (Phi) is 6.20. The predicted molar refractivity (Wildman–Crippen MR) is 93.2 cm³/mol. The zero-order valence-corrected chi connectivity index (χ0v) is 14.8. The molecule has 6 nitrogen and oxygen atoms in total. The third-order valence-electron chi connectivity index (χ3n) is 3.12. The summed E-state index contributed by atoms with van der Waals surface area (Å²) in [4.78, 5) is 23.0. The zero-order chi connectivity index (χ0) is 17.5. The quantitative estimate of drug-likeness (QED) is 0.730. The lowest BCUT2D eigenvalue weighted by Gasteiger charge is -2.11. The number of hydrogen-bond acceptors (Lipinski definition) is 5. The highest BCUT2D eigenvalue weighted by Gasteiger charge is 2.10. The van der Waals surface area contributed by atoms with Crippen LogP contribution >= 0.6 is 15.9 Å². The molecule has 0 saturated carbocycles. The van der Waals surface area contributed by atoms with E-state index in [-0.39, 0.29) is 12.5 Å². The molecule has 0 saturated heterocycles. The number of halogens is 1. The summed E-state index contributed by atoms with van der Waals surface area (Å²) in [7, 11) is 3.05. The summed E-state index contributed by atoms with van der Waals surface area (Å²) in [5.74, 6) is 1.06. The number of carbonyl (C=O) groups excluding carboxylic acids is 2. The van der Waals surface area contributed by atoms with Crippen molar-refractivity contribution < 1.29 is 23.8 Å². The predicted octanol–water partition coefficient (Wildman–Crippen LogP) is 3.30. The summed E-state index contributed by atoms with van der Waals surface area (Å²) < 4.78 is 16.5. The lowest BCUT2D eigenvalue weighted by molar-refractivity contribution is -0.118. The van der Waals surface area contributed by atoms with E-state index in [1.165, 1.54) is 14.2 Å². The molecule has 2 rings (SSSR count). The number of nitrogens with one attached hydrogen (secondary N) is 1. The highest BCUT2D eigenvalue weighted by molar-refractivity contribution is 9.10. The molecule has 0 bridgehead atoms. The highest BCUT2D eigenvalue weighted by Crippen LogP contribution is 2.29. The van der Waals surface area contributed by atoms with Crippen molar-refractivity contribution in [1.29, 1.82) is 0 Å². The minimum Gasteiger partial charge on any atom is -0.493 e. The number of hydrogen-bond donors (Lipinski definition) is 1. The first-order valence-corrected chi connectivity index (χ1v) is 7.76. The summed E-state index contributed by atoms with van der Waals surface area (Å²) >= 11 is 3.27. The van der Waals surface area contributed by atoms with Gasteiger partial charge in [-0.2, -0.15) is 0 Å². The van der Waals surface area contributed by atoms with Crippen LogP contribution in [0.1, 0.15) is 10.4 Å². The van der Waals surface area contributed by atoms with Crippen molar-refractivity contribution in [1.82, 2.24) is 0 Å². The smallest absolute Gasteiger partial charge is 0.262 e. The zero-order valence-electron chi connectivity index (χ0n) is 13.2. The Balaban J connectivity index is 2.00. The Morgan fingerprint density at radius 3 is 2.46 bits per heavy atom. The van der Waals surface area contributed by atoms with Crippen LogP contribution < -0.4 is 19.5 Å². The lowest BCUT2D eigenvalue weighted by atomic mass is 10.2. The van der Waals surface area contributed by atoms with Crippen molar-refractivity contribution in [2.75, 3.05) is 26.1 Å². The molecule has 126 valence electrons. The van der Waals surface area contributed by atoms with Gasteiger partial charge in [0.05, 0.1) is 19.8 Å². The van der Waals surface area contributed by atoms with Gasteiger partial charge in [-0.05, 0) is 30.3 Å². The average Bonchev–Trinajstić information content (AvgIpc) is 2.60. The topological polar surface area (TPSA) is 73.9 Å². The van der Waals surface area contributed by atoms with E-state index in [9.17, 15) is 9.59 Å². The van der Waals surface area contributed by atoms with Gasteiger partial charge in [-0.3, -0.25) is 9.59 Å². The summed E-state index contributed by atoms with van der Waals surface area (Å²) in [6, 6.07) is 10.00. The van der Waals surface area contributed by atoms with E-state index in [0.717, 1.165) is 4.47 Å². The molecule has 0 atom stereocenters. The van der Waals surface area contributed by atoms with Gasteiger partial charge < -0.3 is 19.5 Å². The molecule has 2 aromatic rings. The minimum atomic E-state index is -0.359. The Labute approximate surface area is 147 Å². The summed E-state index contributed by atoms with van der Waals surface area (Å²) in [6.07, 6.45) is 0.673. The summed E-state index contributed by atoms with van der Waals surface area (Å²) in [5, 5.41) is 2.69. The van der Waals surface area contributed by atoms with Gasteiger partial charge in [0.15, 0.2) is 24.4 Å². The monoisotopic (exact) mass is 393 g/mol. The van der Waals surface area contributed by atoms with Gasteiger partial charge in [0, 0.05) is 16.2 Å². The summed E-state index contributed by atoms with van der Waals surface area (Å²) in [6.45, 7) is -0.225. The van der Waals surface area contributed by atoms with Crippen LogP contribution in [0.25, 0.3) is 0 Å². The molecule has 2 aromatic carbocycles. The van der Waals surface area contributed by atoms with Gasteiger partial charge in [-0.15, -0.1) is 0 Å². The molecule has 0 aliphatic carbocycles. The summed E-state index contributed by atoms with van der Waals surface area (Å²) in [5.41, 5.74) is 0.913. The molecular formula is C17H16BrNO5. The molecule has 0 aromatic heterocycles. The average molecular weight is 394 g/mol. The Bertz CT molecular complexity index is 748. The SMILES string of the molecule is COc1ccc(NC(=O)COc2ccc(Br)cc2C=O)cc1OC. The van der Waals surface area contributed by atoms with E-state index in [4.69, 9.17) is 14.2 Å². The van der Waals surface area contributed by atoms with Crippen molar-refractivity contribution in [3.05, 3.63) is 46.4 Å². The molecule has 0 unspecified atom stereocenters. The van der Waals surface area contributed by atoms with Crippen LogP contribution in [0.3, 0.4) is 0 Å². The van der Waals surface area contributed by atoms with Crippen molar-refractivity contribution >= 4 is 33.8 Å². The molecule has 1 amide bonds. The van der Waals surface area contributed by atoms with Gasteiger partial charge in [-0.25, -0.2) is 0 Å². The fraction of sp³-hybridized carbons (Fsp3) is 0.176. The first kappa shape index (κ1) is 17.8. The number of carbonyl (C=O) groups is 2. The van der Waals surface area contributed by atoms with Crippen LogP contribution in [0.4, 0.5) is 5.69 Å². The number of ether oxygens (including phenoxy) is 3. The molecule has 0 radical (unpaired) electrons. The van der Waals surface area contributed by atoms with E-state index >= 15 is 0 Å². The molecule has 7 heteroatoms. The van der Waals surface area contributed by atoms with Crippen LogP contribution in [0.5, 0.6) is 17.2 Å². The molecule has 0 aliphatic rings. The molecule has 1 N–H and O–H groups in total. The van der Waals surface area contributed by atoms with Crippen LogP contribution in [-0.2, 0) is 4.79 Å². The van der Waals surface area contributed by atoms with Crippen LogP contribution in [0, 0.1) is 0 Å². The van der Waals surface area contributed by atoms with E-state index in [1.54, 1.807) is 36.4 Å². The van der Waals surface area contributed by atoms with E-state index in [1.807, 2.05) is 0 Å². The van der Waals surface area contributed by atoms with Gasteiger partial charge in [0.2, 0.25) is 0 Å². The first-order chi connectivity index (χ1) is 11.6. The van der Waals surface area contributed by atoms with Crippen LogP contribution in [0.2, 0.25) is 0 Å². The first-order valence-electron chi connectivity index (χ1n) is 6.96. The van der Waals surface area contributed by atoms with Gasteiger partial charge in [0.1, 0.15) is 5.75 Å². The number of aldehydes is 1. The highest BCUT2D eigenvalue weighted by atomic mass is 79.9. The van der Waals surface area contributed by atoms with Crippen molar-refractivity contribution in [2.24, 2.45) is 0 Å². The second-order valence-corrected chi connectivity index (χ2v) is 5.62. The maximum Gasteiger partial charge on any atom is 0.262 e. The number of anilines is 1.